The third-order valence-electron chi connectivity index (χ3n) is 2.87. The number of hydrogen-bond acceptors (Lipinski definition) is 4. The van der Waals surface area contributed by atoms with Crippen LogP contribution in [0.4, 0.5) is 13.2 Å². The van der Waals surface area contributed by atoms with Gasteiger partial charge >= 0.3 is 6.18 Å². The summed E-state index contributed by atoms with van der Waals surface area (Å²) in [5.74, 6) is -0.998. The molecule has 0 bridgehead atoms. The summed E-state index contributed by atoms with van der Waals surface area (Å²) in [6.45, 7) is -1.40. The van der Waals surface area contributed by atoms with Gasteiger partial charge in [0.15, 0.2) is 0 Å². The molecule has 0 atom stereocenters. The second-order valence-corrected chi connectivity index (χ2v) is 7.53. The van der Waals surface area contributed by atoms with Gasteiger partial charge in [-0.15, -0.1) is 11.3 Å². The van der Waals surface area contributed by atoms with Gasteiger partial charge in [-0.2, -0.15) is 13.2 Å². The molecule has 1 aromatic heterocycles. The number of sulfonamides is 1. The molecule has 0 aliphatic heterocycles. The van der Waals surface area contributed by atoms with E-state index in [1.54, 1.807) is 22.8 Å². The maximum Gasteiger partial charge on any atom is 0.405 e. The van der Waals surface area contributed by atoms with Gasteiger partial charge in [-0.05, 0) is 29.6 Å². The average Bonchev–Trinajstić information content (AvgIpc) is 3.04. The van der Waals surface area contributed by atoms with E-state index in [-0.39, 0.29) is 17.0 Å². The molecule has 0 saturated heterocycles. The van der Waals surface area contributed by atoms with Crippen molar-refractivity contribution in [3.05, 3.63) is 52.2 Å². The highest BCUT2D eigenvalue weighted by molar-refractivity contribution is 7.89. The Labute approximate surface area is 140 Å². The lowest BCUT2D eigenvalue weighted by Gasteiger charge is -2.10. The molecule has 1 aromatic carbocycles. The van der Waals surface area contributed by atoms with Crippen LogP contribution in [0.3, 0.4) is 0 Å². The summed E-state index contributed by atoms with van der Waals surface area (Å²) >= 11 is 1.38. The van der Waals surface area contributed by atoms with Gasteiger partial charge in [-0.1, -0.05) is 12.1 Å². The van der Waals surface area contributed by atoms with Gasteiger partial charge in [0.25, 0.3) is 5.91 Å². The van der Waals surface area contributed by atoms with Gasteiger partial charge in [0.2, 0.25) is 10.0 Å². The quantitative estimate of drug-likeness (QED) is 0.811. The molecule has 2 aromatic rings. The van der Waals surface area contributed by atoms with Crippen LogP contribution in [0, 0.1) is 0 Å². The minimum Gasteiger partial charge on any atom is -0.343 e. The third kappa shape index (κ3) is 5.32. The molecule has 24 heavy (non-hydrogen) atoms. The summed E-state index contributed by atoms with van der Waals surface area (Å²) in [7, 11) is -3.88. The van der Waals surface area contributed by atoms with E-state index in [0.29, 0.717) is 0 Å². The molecule has 0 spiro atoms. The molecule has 0 aliphatic carbocycles. The number of alkyl halides is 3. The monoisotopic (exact) mass is 378 g/mol. The average molecular weight is 378 g/mol. The number of halogens is 3. The molecular weight excluding hydrogens is 365 g/mol. The first kappa shape index (κ1) is 18.4. The van der Waals surface area contributed by atoms with Crippen LogP contribution in [0.25, 0.3) is 0 Å². The second kappa shape index (κ2) is 7.32. The van der Waals surface area contributed by atoms with Crippen LogP contribution in [0.2, 0.25) is 0 Å². The minimum absolute atomic E-state index is 0.0878. The number of carbonyl (C=O) groups excluding carboxylic acids is 1. The van der Waals surface area contributed by atoms with Gasteiger partial charge in [0, 0.05) is 17.0 Å². The summed E-state index contributed by atoms with van der Waals surface area (Å²) in [5.41, 5.74) is -0.168. The van der Waals surface area contributed by atoms with Crippen molar-refractivity contribution < 1.29 is 26.4 Å². The summed E-state index contributed by atoms with van der Waals surface area (Å²) in [5, 5.41) is 3.50. The van der Waals surface area contributed by atoms with Gasteiger partial charge < -0.3 is 5.32 Å². The van der Waals surface area contributed by atoms with Crippen LogP contribution < -0.4 is 10.0 Å². The molecule has 0 fully saturated rings. The van der Waals surface area contributed by atoms with Gasteiger partial charge in [-0.3, -0.25) is 4.79 Å². The van der Waals surface area contributed by atoms with E-state index >= 15 is 0 Å². The highest BCUT2D eigenvalue weighted by Crippen LogP contribution is 2.15. The van der Waals surface area contributed by atoms with E-state index in [0.717, 1.165) is 10.9 Å². The lowest BCUT2D eigenvalue weighted by molar-refractivity contribution is -0.123. The highest BCUT2D eigenvalue weighted by atomic mass is 32.2. The Kier molecular flexibility index (Phi) is 5.62. The van der Waals surface area contributed by atoms with Gasteiger partial charge in [-0.25, -0.2) is 13.1 Å². The van der Waals surface area contributed by atoms with E-state index in [9.17, 15) is 26.4 Å². The normalized spacial score (nSPS) is 12.1. The van der Waals surface area contributed by atoms with Crippen LogP contribution in [0.15, 0.2) is 46.7 Å². The predicted molar refractivity (Wildman–Crippen MR) is 83.2 cm³/mol. The number of carbonyl (C=O) groups is 1. The predicted octanol–water partition coefficient (Wildman–Crippen LogP) is 2.52. The Hall–Kier alpha value is -1.91. The van der Waals surface area contributed by atoms with Crippen LogP contribution in [-0.2, 0) is 16.6 Å². The fraction of sp³-hybridized carbons (Fsp3) is 0.214. The van der Waals surface area contributed by atoms with Crippen molar-refractivity contribution in [1.82, 2.24) is 10.0 Å². The molecule has 5 nitrogen and oxygen atoms in total. The second-order valence-electron chi connectivity index (χ2n) is 4.73. The Morgan fingerprint density at radius 1 is 1.17 bits per heavy atom. The van der Waals surface area contributed by atoms with E-state index in [1.807, 2.05) is 0 Å². The zero-order valence-electron chi connectivity index (χ0n) is 12.1. The number of nitrogens with one attached hydrogen (secondary N) is 2. The Bertz CT molecular complexity index is 803. The molecule has 0 radical (unpaired) electrons. The summed E-state index contributed by atoms with van der Waals surface area (Å²) in [6, 6.07) is 8.36. The van der Waals surface area contributed by atoms with Crippen molar-refractivity contribution in [3.63, 3.8) is 0 Å². The van der Waals surface area contributed by atoms with Crippen LogP contribution in [0.5, 0.6) is 0 Å². The SMILES string of the molecule is O=C(NCC(F)(F)F)c1cccc(S(=O)(=O)NCc2cccs2)c1. The molecule has 0 aliphatic rings. The Balaban J connectivity index is 2.09. The maximum atomic E-state index is 12.2. The van der Waals surface area contributed by atoms with Gasteiger partial charge in [0.1, 0.15) is 6.54 Å². The van der Waals surface area contributed by atoms with Crippen molar-refractivity contribution in [2.45, 2.75) is 17.6 Å². The van der Waals surface area contributed by atoms with Crippen molar-refractivity contribution in [1.29, 1.82) is 0 Å². The first-order valence-corrected chi connectivity index (χ1v) is 9.01. The number of thiophene rings is 1. The number of rotatable bonds is 6. The molecule has 1 amide bonds. The number of hydrogen-bond donors (Lipinski definition) is 2. The third-order valence-corrected chi connectivity index (χ3v) is 5.15. The van der Waals surface area contributed by atoms with Crippen molar-refractivity contribution in [3.8, 4) is 0 Å². The molecule has 0 unspecified atom stereocenters. The standard InChI is InChI=1S/C14H13F3N2O3S2/c15-14(16,17)9-18-13(20)10-3-1-5-12(7-10)24(21,22)19-8-11-4-2-6-23-11/h1-7,19H,8-9H2,(H,18,20). The lowest BCUT2D eigenvalue weighted by atomic mass is 10.2. The summed E-state index contributed by atoms with van der Waals surface area (Å²) < 4.78 is 63.1. The van der Waals surface area contributed by atoms with Crippen LogP contribution >= 0.6 is 11.3 Å². The zero-order valence-corrected chi connectivity index (χ0v) is 13.8. The molecule has 10 heteroatoms. The van der Waals surface area contributed by atoms with E-state index in [1.165, 1.54) is 29.5 Å². The van der Waals surface area contributed by atoms with E-state index in [2.05, 4.69) is 4.72 Å². The minimum atomic E-state index is -4.54. The van der Waals surface area contributed by atoms with E-state index in [4.69, 9.17) is 0 Å². The fourth-order valence-electron chi connectivity index (χ4n) is 1.75. The Morgan fingerprint density at radius 3 is 2.54 bits per heavy atom. The fourth-order valence-corrected chi connectivity index (χ4v) is 3.54. The zero-order chi connectivity index (χ0) is 17.8. The lowest BCUT2D eigenvalue weighted by Crippen LogP contribution is -2.33. The highest BCUT2D eigenvalue weighted by Gasteiger charge is 2.28. The molecule has 2 rings (SSSR count). The maximum absolute atomic E-state index is 12.2. The summed E-state index contributed by atoms with van der Waals surface area (Å²) in [6.07, 6.45) is -4.54. The molecular formula is C14H13F3N2O3S2. The molecule has 2 N–H and O–H groups in total. The van der Waals surface area contributed by atoms with Crippen molar-refractivity contribution in [2.24, 2.45) is 0 Å². The van der Waals surface area contributed by atoms with Crippen LogP contribution in [0.1, 0.15) is 15.2 Å². The smallest absolute Gasteiger partial charge is 0.343 e. The van der Waals surface area contributed by atoms with Crippen LogP contribution in [-0.4, -0.2) is 27.0 Å². The molecule has 130 valence electrons. The topological polar surface area (TPSA) is 75.3 Å². The molecule has 0 saturated carbocycles. The van der Waals surface area contributed by atoms with E-state index < -0.39 is 28.7 Å². The van der Waals surface area contributed by atoms with Gasteiger partial charge in [0.05, 0.1) is 4.90 Å². The number of amides is 1. The Morgan fingerprint density at radius 2 is 1.92 bits per heavy atom. The largest absolute Gasteiger partial charge is 0.405 e. The summed E-state index contributed by atoms with van der Waals surface area (Å²) in [4.78, 5) is 12.3. The number of benzene rings is 1. The molecule has 1 heterocycles. The first-order valence-electron chi connectivity index (χ1n) is 6.64. The first-order chi connectivity index (χ1) is 11.2. The van der Waals surface area contributed by atoms with Crippen molar-refractivity contribution >= 4 is 27.3 Å². The van der Waals surface area contributed by atoms with Crippen molar-refractivity contribution in [2.75, 3.05) is 6.54 Å².